The van der Waals surface area contributed by atoms with Crippen molar-refractivity contribution in [1.29, 1.82) is 0 Å². The fraction of sp³-hybridized carbons (Fsp3) is 0.273. The number of oxazole rings is 1. The van der Waals surface area contributed by atoms with E-state index >= 15 is 0 Å². The molecule has 0 spiro atoms. The van der Waals surface area contributed by atoms with Crippen molar-refractivity contribution >= 4 is 27.1 Å². The van der Waals surface area contributed by atoms with Gasteiger partial charge in [-0.05, 0) is 15.9 Å². The van der Waals surface area contributed by atoms with Gasteiger partial charge in [-0.25, -0.2) is 19.3 Å². The molecule has 3 aromatic heterocycles. The Balaban J connectivity index is 2.35. The second-order valence-corrected chi connectivity index (χ2v) is 4.98. The standard InChI is InChI=1S/C11H10BrN5O3/c1-15-7-8(14-10(15)12)16(2)11(19)17(9(7)18)5-6-13-3-4-20-6/h3-4H,5H2,1-2H3. The second kappa shape index (κ2) is 4.44. The first kappa shape index (κ1) is 12.9. The van der Waals surface area contributed by atoms with Gasteiger partial charge in [-0.2, -0.15) is 0 Å². The van der Waals surface area contributed by atoms with Gasteiger partial charge in [-0.3, -0.25) is 9.36 Å². The Kier molecular flexibility index (Phi) is 2.85. The molecular formula is C11H10BrN5O3. The Morgan fingerprint density at radius 2 is 2.05 bits per heavy atom. The molecule has 0 saturated heterocycles. The van der Waals surface area contributed by atoms with Gasteiger partial charge in [0.15, 0.2) is 15.9 Å². The monoisotopic (exact) mass is 339 g/mol. The quantitative estimate of drug-likeness (QED) is 0.624. The van der Waals surface area contributed by atoms with Crippen molar-refractivity contribution in [2.45, 2.75) is 6.54 Å². The molecule has 3 rings (SSSR count). The average Bonchev–Trinajstić information content (AvgIpc) is 3.02. The maximum absolute atomic E-state index is 12.5. The highest BCUT2D eigenvalue weighted by Crippen LogP contribution is 2.13. The van der Waals surface area contributed by atoms with E-state index in [0.717, 1.165) is 4.57 Å². The fourth-order valence-electron chi connectivity index (χ4n) is 2.02. The minimum Gasteiger partial charge on any atom is -0.447 e. The molecule has 0 saturated carbocycles. The van der Waals surface area contributed by atoms with Crippen molar-refractivity contribution < 1.29 is 4.42 Å². The first-order chi connectivity index (χ1) is 9.50. The number of fused-ring (bicyclic) bond motifs is 1. The number of hydrogen-bond donors (Lipinski definition) is 0. The number of nitrogens with zero attached hydrogens (tertiary/aromatic N) is 5. The highest BCUT2D eigenvalue weighted by atomic mass is 79.9. The molecule has 0 amide bonds. The highest BCUT2D eigenvalue weighted by molar-refractivity contribution is 9.10. The van der Waals surface area contributed by atoms with Crippen LogP contribution in [-0.2, 0) is 20.6 Å². The van der Waals surface area contributed by atoms with Crippen LogP contribution in [0.25, 0.3) is 11.2 Å². The van der Waals surface area contributed by atoms with Gasteiger partial charge in [0.2, 0.25) is 5.89 Å². The summed E-state index contributed by atoms with van der Waals surface area (Å²) in [6.45, 7) is -0.0166. The Morgan fingerprint density at radius 1 is 1.30 bits per heavy atom. The summed E-state index contributed by atoms with van der Waals surface area (Å²) in [7, 11) is 3.26. The third-order valence-electron chi connectivity index (χ3n) is 3.08. The van der Waals surface area contributed by atoms with Crippen LogP contribution in [0.15, 0.2) is 31.2 Å². The average molecular weight is 340 g/mol. The van der Waals surface area contributed by atoms with Crippen molar-refractivity contribution in [3.63, 3.8) is 0 Å². The molecule has 0 bridgehead atoms. The number of imidazole rings is 1. The van der Waals surface area contributed by atoms with Crippen molar-refractivity contribution in [3.05, 3.63) is 43.9 Å². The predicted molar refractivity (Wildman–Crippen MR) is 73.5 cm³/mol. The van der Waals surface area contributed by atoms with E-state index in [1.807, 2.05) is 0 Å². The molecule has 0 fully saturated rings. The number of halogens is 1. The van der Waals surface area contributed by atoms with Gasteiger partial charge >= 0.3 is 5.69 Å². The molecule has 0 atom stereocenters. The lowest BCUT2D eigenvalue weighted by Gasteiger charge is -2.06. The van der Waals surface area contributed by atoms with E-state index < -0.39 is 11.2 Å². The number of aryl methyl sites for hydroxylation is 2. The topological polar surface area (TPSA) is 87.8 Å². The second-order valence-electron chi connectivity index (χ2n) is 4.27. The predicted octanol–water partition coefficient (Wildman–Crippen LogP) is 0.232. The van der Waals surface area contributed by atoms with Crippen molar-refractivity contribution in [2.75, 3.05) is 0 Å². The van der Waals surface area contributed by atoms with Crippen LogP contribution in [0.1, 0.15) is 5.89 Å². The smallest absolute Gasteiger partial charge is 0.332 e. The minimum atomic E-state index is -0.466. The zero-order valence-corrected chi connectivity index (χ0v) is 12.3. The summed E-state index contributed by atoms with van der Waals surface area (Å²) in [4.78, 5) is 32.8. The molecule has 104 valence electrons. The molecule has 3 heterocycles. The molecule has 8 nitrogen and oxygen atoms in total. The summed E-state index contributed by atoms with van der Waals surface area (Å²) < 4.78 is 9.55. The summed E-state index contributed by atoms with van der Waals surface area (Å²) in [5.74, 6) is 0.296. The summed E-state index contributed by atoms with van der Waals surface area (Å²) in [5, 5.41) is 0. The van der Waals surface area contributed by atoms with Gasteiger partial charge in [0.1, 0.15) is 12.8 Å². The van der Waals surface area contributed by atoms with Gasteiger partial charge < -0.3 is 8.98 Å². The van der Waals surface area contributed by atoms with E-state index in [1.165, 1.54) is 17.0 Å². The zero-order chi connectivity index (χ0) is 14.4. The molecule has 0 aromatic carbocycles. The van der Waals surface area contributed by atoms with Gasteiger partial charge in [0.05, 0.1) is 6.20 Å². The summed E-state index contributed by atoms with van der Waals surface area (Å²) in [5.41, 5.74) is -0.225. The van der Waals surface area contributed by atoms with E-state index in [2.05, 4.69) is 25.9 Å². The normalized spacial score (nSPS) is 11.3. The lowest BCUT2D eigenvalue weighted by molar-refractivity contribution is 0.465. The van der Waals surface area contributed by atoms with Crippen molar-refractivity contribution in [1.82, 2.24) is 23.7 Å². The Labute approximate surface area is 120 Å². The molecule has 0 aliphatic heterocycles. The molecule has 20 heavy (non-hydrogen) atoms. The zero-order valence-electron chi connectivity index (χ0n) is 10.7. The van der Waals surface area contributed by atoms with Crippen LogP contribution in [0.4, 0.5) is 0 Å². The minimum absolute atomic E-state index is 0.0166. The lowest BCUT2D eigenvalue weighted by atomic mass is 10.5. The molecule has 0 aliphatic carbocycles. The van der Waals surface area contributed by atoms with E-state index in [1.54, 1.807) is 18.7 Å². The first-order valence-electron chi connectivity index (χ1n) is 5.71. The number of rotatable bonds is 2. The third kappa shape index (κ3) is 1.73. The van der Waals surface area contributed by atoms with Gasteiger partial charge in [0.25, 0.3) is 5.56 Å². The van der Waals surface area contributed by atoms with Crippen LogP contribution < -0.4 is 11.2 Å². The summed E-state index contributed by atoms with van der Waals surface area (Å²) >= 11 is 3.24. The SMILES string of the molecule is Cn1c(Br)nc2c1c(=O)n(Cc1ncco1)c(=O)n2C. The number of aromatic nitrogens is 5. The molecule has 0 radical (unpaired) electrons. The van der Waals surface area contributed by atoms with Crippen LogP contribution >= 0.6 is 15.9 Å². The molecule has 0 unspecified atom stereocenters. The Bertz CT molecular complexity index is 903. The Hall–Kier alpha value is -2.16. The fourth-order valence-corrected chi connectivity index (χ4v) is 2.37. The van der Waals surface area contributed by atoms with E-state index in [-0.39, 0.29) is 6.54 Å². The van der Waals surface area contributed by atoms with Gasteiger partial charge in [-0.15, -0.1) is 0 Å². The maximum Gasteiger partial charge on any atom is 0.332 e. The van der Waals surface area contributed by atoms with E-state index in [0.29, 0.717) is 21.8 Å². The maximum atomic E-state index is 12.5. The molecule has 9 heteroatoms. The molecule has 0 aliphatic rings. The van der Waals surface area contributed by atoms with Crippen molar-refractivity contribution in [2.24, 2.45) is 14.1 Å². The number of hydrogen-bond acceptors (Lipinski definition) is 5. The Morgan fingerprint density at radius 3 is 2.70 bits per heavy atom. The van der Waals surface area contributed by atoms with Gasteiger partial charge in [-0.1, -0.05) is 0 Å². The summed E-state index contributed by atoms with van der Waals surface area (Å²) in [6, 6.07) is 0. The van der Waals surface area contributed by atoms with Crippen LogP contribution in [0.2, 0.25) is 0 Å². The molecule has 3 aromatic rings. The van der Waals surface area contributed by atoms with Crippen LogP contribution in [0.5, 0.6) is 0 Å². The largest absolute Gasteiger partial charge is 0.447 e. The summed E-state index contributed by atoms with van der Waals surface area (Å²) in [6.07, 6.45) is 2.86. The lowest BCUT2D eigenvalue weighted by Crippen LogP contribution is -2.39. The van der Waals surface area contributed by atoms with Crippen molar-refractivity contribution in [3.8, 4) is 0 Å². The highest BCUT2D eigenvalue weighted by Gasteiger charge is 2.18. The van der Waals surface area contributed by atoms with Crippen LogP contribution in [0, 0.1) is 0 Å². The first-order valence-corrected chi connectivity index (χ1v) is 6.50. The molecular weight excluding hydrogens is 330 g/mol. The van der Waals surface area contributed by atoms with E-state index in [9.17, 15) is 9.59 Å². The van der Waals surface area contributed by atoms with Gasteiger partial charge in [0, 0.05) is 14.1 Å². The third-order valence-corrected chi connectivity index (χ3v) is 3.79. The van der Waals surface area contributed by atoms with E-state index in [4.69, 9.17) is 4.42 Å². The van der Waals surface area contributed by atoms with Crippen LogP contribution in [-0.4, -0.2) is 23.7 Å². The van der Waals surface area contributed by atoms with Crippen LogP contribution in [0.3, 0.4) is 0 Å². The molecule has 0 N–H and O–H groups in total.